The van der Waals surface area contributed by atoms with Crippen molar-refractivity contribution in [1.82, 2.24) is 5.32 Å². The molecule has 2 heterocycles. The Bertz CT molecular complexity index is 795. The summed E-state index contributed by atoms with van der Waals surface area (Å²) in [5, 5.41) is 7.96. The van der Waals surface area contributed by atoms with Gasteiger partial charge < -0.3 is 11.1 Å². The van der Waals surface area contributed by atoms with Crippen LogP contribution in [0.5, 0.6) is 0 Å². The van der Waals surface area contributed by atoms with Gasteiger partial charge in [-0.05, 0) is 47.5 Å². The Labute approximate surface area is 138 Å². The van der Waals surface area contributed by atoms with Gasteiger partial charge >= 0.3 is 0 Å². The zero-order valence-corrected chi connectivity index (χ0v) is 14.4. The van der Waals surface area contributed by atoms with E-state index in [1.54, 1.807) is 11.3 Å². The summed E-state index contributed by atoms with van der Waals surface area (Å²) < 4.78 is 1.97. The largest absolute Gasteiger partial charge is 0.397 e. The van der Waals surface area contributed by atoms with Crippen LogP contribution in [0.25, 0.3) is 10.1 Å². The summed E-state index contributed by atoms with van der Waals surface area (Å²) in [4.78, 5) is 13.0. The van der Waals surface area contributed by atoms with E-state index in [0.29, 0.717) is 10.6 Å². The maximum atomic E-state index is 12.4. The molecule has 3 rings (SSSR count). The van der Waals surface area contributed by atoms with Crippen LogP contribution in [0.15, 0.2) is 39.5 Å². The highest BCUT2D eigenvalue weighted by Crippen LogP contribution is 2.35. The molecule has 0 aliphatic rings. The van der Waals surface area contributed by atoms with Gasteiger partial charge in [-0.2, -0.15) is 11.3 Å². The lowest BCUT2D eigenvalue weighted by molar-refractivity contribution is 0.0945. The number of rotatable bonds is 3. The van der Waals surface area contributed by atoms with Crippen LogP contribution in [0.1, 0.15) is 28.2 Å². The molecule has 0 aliphatic carbocycles. The molecule has 1 unspecified atom stereocenters. The molecule has 21 heavy (non-hydrogen) atoms. The number of hydrogen-bond acceptors (Lipinski definition) is 4. The van der Waals surface area contributed by atoms with Gasteiger partial charge in [-0.1, -0.05) is 15.9 Å². The SMILES string of the molecule is CC(NC(=O)c1sc2ccc(Br)cc2c1N)c1ccsc1. The molecule has 0 spiro atoms. The number of halogens is 1. The van der Waals surface area contributed by atoms with Crippen molar-refractivity contribution in [1.29, 1.82) is 0 Å². The average Bonchev–Trinajstić information content (AvgIpc) is 3.08. The molecule has 0 saturated heterocycles. The van der Waals surface area contributed by atoms with Crippen LogP contribution in [0.3, 0.4) is 0 Å². The maximum absolute atomic E-state index is 12.4. The summed E-state index contributed by atoms with van der Waals surface area (Å²) in [6, 6.07) is 7.86. The minimum atomic E-state index is -0.122. The number of anilines is 1. The van der Waals surface area contributed by atoms with Gasteiger partial charge in [0.25, 0.3) is 5.91 Å². The van der Waals surface area contributed by atoms with Crippen molar-refractivity contribution in [2.75, 3.05) is 5.73 Å². The number of fused-ring (bicyclic) bond motifs is 1. The van der Waals surface area contributed by atoms with E-state index < -0.39 is 0 Å². The van der Waals surface area contributed by atoms with E-state index in [1.165, 1.54) is 11.3 Å². The first-order valence-corrected chi connectivity index (χ1v) is 8.92. The predicted octanol–water partition coefficient (Wildman–Crippen LogP) is 4.80. The molecule has 3 aromatic rings. The average molecular weight is 381 g/mol. The van der Waals surface area contributed by atoms with E-state index in [0.717, 1.165) is 20.1 Å². The third-order valence-corrected chi connectivity index (χ3v) is 5.67. The molecule has 3 nitrogen and oxygen atoms in total. The summed E-state index contributed by atoms with van der Waals surface area (Å²) in [6.07, 6.45) is 0. The highest BCUT2D eigenvalue weighted by molar-refractivity contribution is 9.10. The molecule has 1 atom stereocenters. The third-order valence-electron chi connectivity index (χ3n) is 3.29. The molecule has 0 radical (unpaired) electrons. The van der Waals surface area contributed by atoms with Gasteiger partial charge in [0.05, 0.1) is 11.7 Å². The molecule has 1 aromatic carbocycles. The molecule has 0 bridgehead atoms. The van der Waals surface area contributed by atoms with Crippen molar-refractivity contribution in [3.05, 3.63) is 49.9 Å². The standard InChI is InChI=1S/C15H13BrN2OS2/c1-8(9-4-5-20-7-9)18-15(19)14-13(17)11-6-10(16)2-3-12(11)21-14/h2-8H,17H2,1H3,(H,18,19). The summed E-state index contributed by atoms with van der Waals surface area (Å²) in [5.74, 6) is -0.122. The molecule has 0 aliphatic heterocycles. The highest BCUT2D eigenvalue weighted by atomic mass is 79.9. The first kappa shape index (κ1) is 14.6. The van der Waals surface area contributed by atoms with Gasteiger partial charge in [0, 0.05) is 14.6 Å². The van der Waals surface area contributed by atoms with Gasteiger partial charge in [-0.3, -0.25) is 4.79 Å². The van der Waals surface area contributed by atoms with Crippen molar-refractivity contribution >= 4 is 60.3 Å². The molecular weight excluding hydrogens is 368 g/mol. The van der Waals surface area contributed by atoms with Crippen LogP contribution in [0.4, 0.5) is 5.69 Å². The zero-order valence-electron chi connectivity index (χ0n) is 11.2. The molecule has 108 valence electrons. The zero-order chi connectivity index (χ0) is 15.0. The van der Waals surface area contributed by atoms with Crippen LogP contribution >= 0.6 is 38.6 Å². The van der Waals surface area contributed by atoms with E-state index in [4.69, 9.17) is 5.73 Å². The van der Waals surface area contributed by atoms with Gasteiger partial charge in [-0.15, -0.1) is 11.3 Å². The monoisotopic (exact) mass is 380 g/mol. The van der Waals surface area contributed by atoms with E-state index >= 15 is 0 Å². The fourth-order valence-corrected chi connectivity index (χ4v) is 4.25. The quantitative estimate of drug-likeness (QED) is 0.685. The first-order valence-electron chi connectivity index (χ1n) is 6.36. The van der Waals surface area contributed by atoms with Crippen molar-refractivity contribution in [3.63, 3.8) is 0 Å². The predicted molar refractivity (Wildman–Crippen MR) is 94.1 cm³/mol. The van der Waals surface area contributed by atoms with Crippen molar-refractivity contribution < 1.29 is 4.79 Å². The molecule has 0 fully saturated rings. The van der Waals surface area contributed by atoms with E-state index in [2.05, 4.69) is 21.2 Å². The van der Waals surface area contributed by atoms with Gasteiger partial charge in [0.1, 0.15) is 4.88 Å². The minimum Gasteiger partial charge on any atom is -0.397 e. The number of amides is 1. The Hall–Kier alpha value is -1.37. The van der Waals surface area contributed by atoms with E-state index in [9.17, 15) is 4.79 Å². The number of nitrogens with two attached hydrogens (primary N) is 1. The number of carbonyl (C=O) groups excluding carboxylic acids is 1. The van der Waals surface area contributed by atoms with Crippen molar-refractivity contribution in [3.8, 4) is 0 Å². The Morgan fingerprint density at radius 3 is 2.90 bits per heavy atom. The molecule has 1 amide bonds. The molecule has 6 heteroatoms. The Balaban J connectivity index is 1.89. The lowest BCUT2D eigenvalue weighted by Gasteiger charge is -2.11. The maximum Gasteiger partial charge on any atom is 0.263 e. The highest BCUT2D eigenvalue weighted by Gasteiger charge is 2.18. The number of benzene rings is 1. The topological polar surface area (TPSA) is 55.1 Å². The van der Waals surface area contributed by atoms with Crippen molar-refractivity contribution in [2.45, 2.75) is 13.0 Å². The second kappa shape index (κ2) is 5.79. The van der Waals surface area contributed by atoms with Crippen LogP contribution in [0.2, 0.25) is 0 Å². The number of thiophene rings is 2. The van der Waals surface area contributed by atoms with Crippen molar-refractivity contribution in [2.24, 2.45) is 0 Å². The van der Waals surface area contributed by atoms with Crippen LogP contribution < -0.4 is 11.1 Å². The summed E-state index contributed by atoms with van der Waals surface area (Å²) in [6.45, 7) is 1.97. The Morgan fingerprint density at radius 2 is 2.19 bits per heavy atom. The number of carbonyl (C=O) groups is 1. The lowest BCUT2D eigenvalue weighted by atomic mass is 10.1. The third kappa shape index (κ3) is 2.84. The summed E-state index contributed by atoms with van der Waals surface area (Å²) in [5.41, 5.74) is 7.79. The lowest BCUT2D eigenvalue weighted by Crippen LogP contribution is -2.26. The van der Waals surface area contributed by atoms with Gasteiger partial charge in [0.2, 0.25) is 0 Å². The van der Waals surface area contributed by atoms with Crippen LogP contribution in [-0.2, 0) is 0 Å². The Kier molecular flexibility index (Phi) is 4.01. The Morgan fingerprint density at radius 1 is 1.38 bits per heavy atom. The summed E-state index contributed by atoms with van der Waals surface area (Å²) in [7, 11) is 0. The minimum absolute atomic E-state index is 0.0277. The fraction of sp³-hybridized carbons (Fsp3) is 0.133. The van der Waals surface area contributed by atoms with E-state index in [1.807, 2.05) is 41.9 Å². The molecule has 2 aromatic heterocycles. The van der Waals surface area contributed by atoms with Crippen LogP contribution in [-0.4, -0.2) is 5.91 Å². The second-order valence-electron chi connectivity index (χ2n) is 4.74. The number of hydrogen-bond donors (Lipinski definition) is 2. The van der Waals surface area contributed by atoms with Gasteiger partial charge in [0.15, 0.2) is 0 Å². The number of nitrogen functional groups attached to an aromatic ring is 1. The number of nitrogens with one attached hydrogen (secondary N) is 1. The molecular formula is C15H13BrN2OS2. The van der Waals surface area contributed by atoms with Gasteiger partial charge in [-0.25, -0.2) is 0 Å². The van der Waals surface area contributed by atoms with E-state index in [-0.39, 0.29) is 11.9 Å². The molecule has 0 saturated carbocycles. The van der Waals surface area contributed by atoms with Crippen LogP contribution in [0, 0.1) is 0 Å². The summed E-state index contributed by atoms with van der Waals surface area (Å²) >= 11 is 6.47. The first-order chi connectivity index (χ1) is 10.1. The fourth-order valence-electron chi connectivity index (χ4n) is 2.12. The molecule has 3 N–H and O–H groups in total. The normalized spacial score (nSPS) is 12.5. The smallest absolute Gasteiger partial charge is 0.263 e. The second-order valence-corrected chi connectivity index (χ2v) is 7.49.